The van der Waals surface area contributed by atoms with E-state index in [1.54, 1.807) is 13.0 Å². The van der Waals surface area contributed by atoms with E-state index >= 15 is 0 Å². The molecular weight excluding hydrogens is 210 g/mol. The van der Waals surface area contributed by atoms with Crippen LogP contribution < -0.4 is 5.32 Å². The van der Waals surface area contributed by atoms with Gasteiger partial charge >= 0.3 is 5.97 Å². The molecule has 0 bridgehead atoms. The van der Waals surface area contributed by atoms with Crippen molar-refractivity contribution in [1.82, 2.24) is 5.32 Å². The lowest BCUT2D eigenvalue weighted by Crippen LogP contribution is -2.33. The summed E-state index contributed by atoms with van der Waals surface area (Å²) >= 11 is 2.01. The molecule has 2 N–H and O–H groups in total. The van der Waals surface area contributed by atoms with Crippen LogP contribution in [0.4, 0.5) is 0 Å². The minimum absolute atomic E-state index is 0.352. The number of thioether (sulfide) groups is 1. The molecule has 1 rings (SSSR count). The van der Waals surface area contributed by atoms with Gasteiger partial charge in [0.25, 0.3) is 0 Å². The van der Waals surface area contributed by atoms with Crippen molar-refractivity contribution in [3.63, 3.8) is 0 Å². The van der Waals surface area contributed by atoms with Crippen LogP contribution in [0.3, 0.4) is 0 Å². The number of aliphatic carboxylic acids is 1. The quantitative estimate of drug-likeness (QED) is 0.558. The second kappa shape index (κ2) is 5.56. The van der Waals surface area contributed by atoms with Crippen molar-refractivity contribution in [3.05, 3.63) is 11.6 Å². The summed E-state index contributed by atoms with van der Waals surface area (Å²) in [5.74, 6) is 0.417. The molecule has 4 heteroatoms. The summed E-state index contributed by atoms with van der Waals surface area (Å²) in [6.07, 6.45) is 4.28. The summed E-state index contributed by atoms with van der Waals surface area (Å²) < 4.78 is 0.352. The van der Waals surface area contributed by atoms with E-state index < -0.39 is 5.97 Å². The lowest BCUT2D eigenvalue weighted by Gasteiger charge is -2.22. The number of hydrogen-bond acceptors (Lipinski definition) is 3. The lowest BCUT2D eigenvalue weighted by molar-refractivity contribution is -0.132. The van der Waals surface area contributed by atoms with Gasteiger partial charge in [0.2, 0.25) is 0 Å². The molecule has 1 fully saturated rings. The van der Waals surface area contributed by atoms with E-state index in [0.29, 0.717) is 16.9 Å². The average molecular weight is 229 g/mol. The first kappa shape index (κ1) is 12.6. The molecule has 1 saturated heterocycles. The van der Waals surface area contributed by atoms with Gasteiger partial charge in [-0.25, -0.2) is 4.79 Å². The summed E-state index contributed by atoms with van der Waals surface area (Å²) in [5.41, 5.74) is 0.409. The van der Waals surface area contributed by atoms with Gasteiger partial charge in [0, 0.05) is 23.4 Å². The molecule has 0 amide bonds. The first-order valence-electron chi connectivity index (χ1n) is 5.28. The summed E-state index contributed by atoms with van der Waals surface area (Å²) in [6.45, 7) is 5.50. The maximum Gasteiger partial charge on any atom is 0.330 e. The fourth-order valence-corrected chi connectivity index (χ4v) is 2.90. The summed E-state index contributed by atoms with van der Waals surface area (Å²) in [5, 5.41) is 11.9. The van der Waals surface area contributed by atoms with Gasteiger partial charge < -0.3 is 10.4 Å². The van der Waals surface area contributed by atoms with Gasteiger partial charge in [-0.3, -0.25) is 0 Å². The molecule has 0 aromatic carbocycles. The SMILES string of the molecule is CC(=CCNCC1(C)CCCS1)C(=O)O. The first-order valence-corrected chi connectivity index (χ1v) is 6.27. The number of hydrogen-bond donors (Lipinski definition) is 2. The van der Waals surface area contributed by atoms with Crippen LogP contribution >= 0.6 is 11.8 Å². The van der Waals surface area contributed by atoms with Crippen molar-refractivity contribution in [3.8, 4) is 0 Å². The number of carbonyl (C=O) groups is 1. The molecular formula is C11H19NO2S. The van der Waals surface area contributed by atoms with Crippen LogP contribution in [0.15, 0.2) is 11.6 Å². The van der Waals surface area contributed by atoms with Gasteiger partial charge in [0.15, 0.2) is 0 Å². The molecule has 86 valence electrons. The van der Waals surface area contributed by atoms with Gasteiger partial charge in [0.05, 0.1) is 0 Å². The Labute approximate surface area is 95.3 Å². The fraction of sp³-hybridized carbons (Fsp3) is 0.727. The zero-order valence-corrected chi connectivity index (χ0v) is 10.2. The van der Waals surface area contributed by atoms with E-state index in [1.807, 2.05) is 11.8 Å². The Morgan fingerprint density at radius 2 is 2.40 bits per heavy atom. The number of carboxylic acids is 1. The highest BCUT2D eigenvalue weighted by atomic mass is 32.2. The number of rotatable bonds is 5. The predicted octanol–water partition coefficient (Wildman–Crippen LogP) is 1.89. The molecule has 15 heavy (non-hydrogen) atoms. The Morgan fingerprint density at radius 1 is 1.67 bits per heavy atom. The largest absolute Gasteiger partial charge is 0.478 e. The Hall–Kier alpha value is -0.480. The highest BCUT2D eigenvalue weighted by Crippen LogP contribution is 2.36. The Bertz CT molecular complexity index is 257. The highest BCUT2D eigenvalue weighted by Gasteiger charge is 2.28. The molecule has 1 aliphatic rings. The second-order valence-electron chi connectivity index (χ2n) is 4.23. The van der Waals surface area contributed by atoms with E-state index in [-0.39, 0.29) is 0 Å². The third-order valence-electron chi connectivity index (χ3n) is 2.69. The topological polar surface area (TPSA) is 49.3 Å². The number of nitrogens with one attached hydrogen (secondary N) is 1. The van der Waals surface area contributed by atoms with Crippen LogP contribution in [0.1, 0.15) is 26.7 Å². The van der Waals surface area contributed by atoms with E-state index in [9.17, 15) is 4.79 Å². The minimum Gasteiger partial charge on any atom is -0.478 e. The van der Waals surface area contributed by atoms with Gasteiger partial charge in [0.1, 0.15) is 0 Å². The lowest BCUT2D eigenvalue weighted by atomic mass is 10.1. The zero-order valence-electron chi connectivity index (χ0n) is 9.38. The van der Waals surface area contributed by atoms with Crippen molar-refractivity contribution in [2.24, 2.45) is 0 Å². The molecule has 1 atom stereocenters. The maximum absolute atomic E-state index is 10.5. The van der Waals surface area contributed by atoms with Crippen LogP contribution in [0.25, 0.3) is 0 Å². The van der Waals surface area contributed by atoms with E-state index in [4.69, 9.17) is 5.11 Å². The van der Waals surface area contributed by atoms with Crippen molar-refractivity contribution in [2.75, 3.05) is 18.8 Å². The third-order valence-corrected chi connectivity index (χ3v) is 4.23. The van der Waals surface area contributed by atoms with Gasteiger partial charge in [-0.15, -0.1) is 0 Å². The van der Waals surface area contributed by atoms with Crippen LogP contribution in [0.5, 0.6) is 0 Å². The van der Waals surface area contributed by atoms with Crippen molar-refractivity contribution >= 4 is 17.7 Å². The maximum atomic E-state index is 10.5. The second-order valence-corrected chi connectivity index (χ2v) is 5.91. The standard InChI is InChI=1S/C11H19NO2S/c1-9(10(13)14)4-6-12-8-11(2)5-3-7-15-11/h4,12H,3,5-8H2,1-2H3,(H,13,14). The summed E-state index contributed by atoms with van der Waals surface area (Å²) in [6, 6.07) is 0. The van der Waals surface area contributed by atoms with Crippen LogP contribution in [-0.2, 0) is 4.79 Å². The Kier molecular flexibility index (Phi) is 4.67. The Morgan fingerprint density at radius 3 is 2.93 bits per heavy atom. The molecule has 0 radical (unpaired) electrons. The smallest absolute Gasteiger partial charge is 0.330 e. The molecule has 1 unspecified atom stereocenters. The molecule has 1 aliphatic heterocycles. The van der Waals surface area contributed by atoms with Gasteiger partial charge in [-0.05, 0) is 32.4 Å². The monoisotopic (exact) mass is 229 g/mol. The zero-order chi connectivity index (χ0) is 11.3. The van der Waals surface area contributed by atoms with Gasteiger partial charge in [-0.2, -0.15) is 11.8 Å². The molecule has 0 aromatic rings. The normalized spacial score (nSPS) is 26.9. The Balaban J connectivity index is 2.21. The van der Waals surface area contributed by atoms with Crippen molar-refractivity contribution < 1.29 is 9.90 Å². The van der Waals surface area contributed by atoms with E-state index in [2.05, 4.69) is 12.2 Å². The molecule has 0 spiro atoms. The van der Waals surface area contributed by atoms with Gasteiger partial charge in [-0.1, -0.05) is 6.08 Å². The number of carboxylic acid groups (broad SMARTS) is 1. The molecule has 0 saturated carbocycles. The minimum atomic E-state index is -0.835. The predicted molar refractivity (Wildman–Crippen MR) is 64.4 cm³/mol. The van der Waals surface area contributed by atoms with Crippen LogP contribution in [-0.4, -0.2) is 34.7 Å². The molecule has 0 aliphatic carbocycles. The molecule has 1 heterocycles. The van der Waals surface area contributed by atoms with Crippen LogP contribution in [0, 0.1) is 0 Å². The summed E-state index contributed by atoms with van der Waals surface area (Å²) in [4.78, 5) is 10.5. The highest BCUT2D eigenvalue weighted by molar-refractivity contribution is 8.00. The average Bonchev–Trinajstić information content (AvgIpc) is 2.60. The van der Waals surface area contributed by atoms with E-state index in [1.165, 1.54) is 18.6 Å². The first-order chi connectivity index (χ1) is 7.03. The summed E-state index contributed by atoms with van der Waals surface area (Å²) in [7, 11) is 0. The fourth-order valence-electron chi connectivity index (χ4n) is 1.63. The van der Waals surface area contributed by atoms with Crippen LogP contribution in [0.2, 0.25) is 0 Å². The molecule has 3 nitrogen and oxygen atoms in total. The van der Waals surface area contributed by atoms with Crippen molar-refractivity contribution in [1.29, 1.82) is 0 Å². The van der Waals surface area contributed by atoms with E-state index in [0.717, 1.165) is 6.54 Å². The molecule has 0 aromatic heterocycles. The third kappa shape index (κ3) is 4.26. The van der Waals surface area contributed by atoms with Crippen molar-refractivity contribution in [2.45, 2.75) is 31.4 Å².